The van der Waals surface area contributed by atoms with Gasteiger partial charge < -0.3 is 9.84 Å². The molecule has 0 aliphatic carbocycles. The third kappa shape index (κ3) is 3.27. The maximum absolute atomic E-state index is 10.9. The molecular formula is C13H18N2O3. The standard InChI is InChI=1S/C13H18N2O3/c1-9-6-15(7-10(2)18-9)8-11-3-4-14-12(5-11)13(16)17/h3-5,9-10H,6-8H2,1-2H3,(H,16,17)/t9-,10+. The lowest BCUT2D eigenvalue weighted by molar-refractivity contribution is -0.0705. The number of nitrogens with zero attached hydrogens (tertiary/aromatic N) is 2. The van der Waals surface area contributed by atoms with E-state index in [2.05, 4.69) is 23.7 Å². The highest BCUT2D eigenvalue weighted by atomic mass is 16.5. The Hall–Kier alpha value is -1.46. The normalized spacial score (nSPS) is 25.0. The summed E-state index contributed by atoms with van der Waals surface area (Å²) in [4.78, 5) is 17.0. The molecule has 18 heavy (non-hydrogen) atoms. The molecule has 0 spiro atoms. The molecule has 2 rings (SSSR count). The molecule has 0 aromatic carbocycles. The van der Waals surface area contributed by atoms with Crippen molar-refractivity contribution in [1.29, 1.82) is 0 Å². The van der Waals surface area contributed by atoms with E-state index >= 15 is 0 Å². The van der Waals surface area contributed by atoms with Crippen molar-refractivity contribution in [3.8, 4) is 0 Å². The summed E-state index contributed by atoms with van der Waals surface area (Å²) in [5.74, 6) is -0.986. The summed E-state index contributed by atoms with van der Waals surface area (Å²) in [6.07, 6.45) is 1.98. The van der Waals surface area contributed by atoms with Crippen LogP contribution in [0.1, 0.15) is 29.9 Å². The molecule has 2 atom stereocenters. The largest absolute Gasteiger partial charge is 0.477 e. The SMILES string of the molecule is C[C@@H]1CN(Cc2ccnc(C(=O)O)c2)C[C@H](C)O1. The quantitative estimate of drug-likeness (QED) is 0.878. The molecule has 0 radical (unpaired) electrons. The summed E-state index contributed by atoms with van der Waals surface area (Å²) < 4.78 is 5.67. The second-order valence-corrected chi connectivity index (χ2v) is 4.81. The maximum atomic E-state index is 10.9. The number of carbonyl (C=O) groups is 1. The van der Waals surface area contributed by atoms with Crippen molar-refractivity contribution in [3.63, 3.8) is 0 Å². The zero-order valence-electron chi connectivity index (χ0n) is 10.7. The van der Waals surface area contributed by atoms with E-state index in [1.807, 2.05) is 6.07 Å². The number of aromatic carboxylic acids is 1. The van der Waals surface area contributed by atoms with E-state index in [0.717, 1.165) is 25.2 Å². The van der Waals surface area contributed by atoms with Gasteiger partial charge in [-0.15, -0.1) is 0 Å². The molecule has 1 aliphatic rings. The fourth-order valence-corrected chi connectivity index (χ4v) is 2.36. The number of rotatable bonds is 3. The van der Waals surface area contributed by atoms with Crippen molar-refractivity contribution in [2.45, 2.75) is 32.6 Å². The fourth-order valence-electron chi connectivity index (χ4n) is 2.36. The van der Waals surface area contributed by atoms with Crippen molar-refractivity contribution < 1.29 is 14.6 Å². The van der Waals surface area contributed by atoms with Gasteiger partial charge in [-0.3, -0.25) is 4.90 Å². The number of hydrogen-bond acceptors (Lipinski definition) is 4. The highest BCUT2D eigenvalue weighted by molar-refractivity contribution is 5.85. The topological polar surface area (TPSA) is 62.7 Å². The number of pyridine rings is 1. The minimum absolute atomic E-state index is 0.0989. The second-order valence-electron chi connectivity index (χ2n) is 4.81. The third-order valence-electron chi connectivity index (χ3n) is 2.94. The van der Waals surface area contributed by atoms with E-state index in [4.69, 9.17) is 9.84 Å². The Balaban J connectivity index is 2.04. The van der Waals surface area contributed by atoms with Crippen LogP contribution in [0.2, 0.25) is 0 Å². The van der Waals surface area contributed by atoms with Crippen LogP contribution in [-0.2, 0) is 11.3 Å². The van der Waals surface area contributed by atoms with Crippen molar-refractivity contribution in [3.05, 3.63) is 29.6 Å². The fraction of sp³-hybridized carbons (Fsp3) is 0.538. The van der Waals surface area contributed by atoms with Crippen molar-refractivity contribution >= 4 is 5.97 Å². The molecule has 0 unspecified atom stereocenters. The molecule has 1 aromatic heterocycles. The molecule has 5 nitrogen and oxygen atoms in total. The minimum Gasteiger partial charge on any atom is -0.477 e. The van der Waals surface area contributed by atoms with Gasteiger partial charge in [0.2, 0.25) is 0 Å². The molecule has 0 saturated carbocycles. The van der Waals surface area contributed by atoms with Crippen molar-refractivity contribution in [2.24, 2.45) is 0 Å². The molecule has 98 valence electrons. The lowest BCUT2D eigenvalue weighted by atomic mass is 10.1. The zero-order valence-corrected chi connectivity index (χ0v) is 10.7. The summed E-state index contributed by atoms with van der Waals surface area (Å²) in [6.45, 7) is 6.58. The van der Waals surface area contributed by atoms with Crippen molar-refractivity contribution in [2.75, 3.05) is 13.1 Å². The monoisotopic (exact) mass is 250 g/mol. The average molecular weight is 250 g/mol. The molecule has 0 bridgehead atoms. The van der Waals surface area contributed by atoms with Crippen LogP contribution >= 0.6 is 0 Å². The average Bonchev–Trinajstić information content (AvgIpc) is 2.27. The van der Waals surface area contributed by atoms with Gasteiger partial charge in [-0.1, -0.05) is 0 Å². The minimum atomic E-state index is -0.986. The number of ether oxygens (including phenoxy) is 1. The predicted octanol–water partition coefficient (Wildman–Crippen LogP) is 1.39. The van der Waals surface area contributed by atoms with Crippen molar-refractivity contribution in [1.82, 2.24) is 9.88 Å². The Kier molecular flexibility index (Phi) is 3.93. The van der Waals surface area contributed by atoms with Gasteiger partial charge in [0, 0.05) is 25.8 Å². The number of aromatic nitrogens is 1. The Morgan fingerprint density at radius 3 is 2.78 bits per heavy atom. The van der Waals surface area contributed by atoms with Crippen LogP contribution in [-0.4, -0.2) is 46.3 Å². The summed E-state index contributed by atoms with van der Waals surface area (Å²) in [6, 6.07) is 3.49. The van der Waals surface area contributed by atoms with Gasteiger partial charge in [0.1, 0.15) is 5.69 Å². The predicted molar refractivity (Wildman–Crippen MR) is 66.5 cm³/mol. The molecule has 1 fully saturated rings. The highest BCUT2D eigenvalue weighted by Crippen LogP contribution is 2.14. The van der Waals surface area contributed by atoms with Crippen LogP contribution in [0.25, 0.3) is 0 Å². The molecular weight excluding hydrogens is 232 g/mol. The molecule has 1 aromatic rings. The van der Waals surface area contributed by atoms with E-state index in [9.17, 15) is 4.79 Å². The first kappa shape index (κ1) is 13.0. The zero-order chi connectivity index (χ0) is 13.1. The Labute approximate surface area is 106 Å². The summed E-state index contributed by atoms with van der Waals surface area (Å²) in [5, 5.41) is 8.90. The first-order valence-corrected chi connectivity index (χ1v) is 6.10. The number of carboxylic acid groups (broad SMARTS) is 1. The van der Waals surface area contributed by atoms with Gasteiger partial charge in [-0.05, 0) is 31.5 Å². The van der Waals surface area contributed by atoms with Crippen LogP contribution in [0.3, 0.4) is 0 Å². The van der Waals surface area contributed by atoms with Crippen LogP contribution in [0.5, 0.6) is 0 Å². The molecule has 0 amide bonds. The van der Waals surface area contributed by atoms with Gasteiger partial charge >= 0.3 is 5.97 Å². The Morgan fingerprint density at radius 1 is 1.50 bits per heavy atom. The van der Waals surface area contributed by atoms with Gasteiger partial charge in [-0.2, -0.15) is 0 Å². The first-order chi connectivity index (χ1) is 8.54. The van der Waals surface area contributed by atoms with Gasteiger partial charge in [0.05, 0.1) is 12.2 Å². The number of carboxylic acids is 1. The Morgan fingerprint density at radius 2 is 2.17 bits per heavy atom. The van der Waals surface area contributed by atoms with Gasteiger partial charge in [-0.25, -0.2) is 9.78 Å². The summed E-state index contributed by atoms with van der Waals surface area (Å²) in [7, 11) is 0. The lowest BCUT2D eigenvalue weighted by Gasteiger charge is -2.35. The second kappa shape index (κ2) is 5.46. The summed E-state index contributed by atoms with van der Waals surface area (Å²) in [5.41, 5.74) is 1.07. The van der Waals surface area contributed by atoms with Gasteiger partial charge in [0.25, 0.3) is 0 Å². The van der Waals surface area contributed by atoms with Crippen LogP contribution in [0.4, 0.5) is 0 Å². The lowest BCUT2D eigenvalue weighted by Crippen LogP contribution is -2.44. The van der Waals surface area contributed by atoms with E-state index in [-0.39, 0.29) is 17.9 Å². The molecule has 1 N–H and O–H groups in total. The number of hydrogen-bond donors (Lipinski definition) is 1. The van der Waals surface area contributed by atoms with E-state index < -0.39 is 5.97 Å². The molecule has 1 aliphatic heterocycles. The van der Waals surface area contributed by atoms with E-state index in [1.165, 1.54) is 0 Å². The Bertz CT molecular complexity index is 426. The third-order valence-corrected chi connectivity index (χ3v) is 2.94. The summed E-state index contributed by atoms with van der Waals surface area (Å²) >= 11 is 0. The van der Waals surface area contributed by atoms with Gasteiger partial charge in [0.15, 0.2) is 0 Å². The molecule has 2 heterocycles. The number of morpholine rings is 1. The molecule has 1 saturated heterocycles. The van der Waals surface area contributed by atoms with Crippen LogP contribution in [0.15, 0.2) is 18.3 Å². The maximum Gasteiger partial charge on any atom is 0.354 e. The highest BCUT2D eigenvalue weighted by Gasteiger charge is 2.22. The van der Waals surface area contributed by atoms with Crippen LogP contribution in [0, 0.1) is 0 Å². The molecule has 5 heteroatoms. The van der Waals surface area contributed by atoms with E-state index in [1.54, 1.807) is 12.3 Å². The smallest absolute Gasteiger partial charge is 0.354 e. The van der Waals surface area contributed by atoms with E-state index in [0.29, 0.717) is 0 Å². The van der Waals surface area contributed by atoms with Crippen LogP contribution < -0.4 is 0 Å². The first-order valence-electron chi connectivity index (χ1n) is 6.10.